The molecular formula is C13H17N3O2. The van der Waals surface area contributed by atoms with E-state index < -0.39 is 5.54 Å². The summed E-state index contributed by atoms with van der Waals surface area (Å²) in [5, 5.41) is 5.81. The van der Waals surface area contributed by atoms with E-state index in [1.54, 1.807) is 32.2 Å². The summed E-state index contributed by atoms with van der Waals surface area (Å²) in [6, 6.07) is 5.41. The topological polar surface area (TPSA) is 67.2 Å². The predicted octanol–water partition coefficient (Wildman–Crippen LogP) is 2.07. The molecule has 1 aromatic carbocycles. The number of nitrogens with one attached hydrogen (secondary N) is 2. The number of carbonyl (C=O) groups excluding carboxylic acids is 1. The molecule has 2 rings (SSSR count). The van der Waals surface area contributed by atoms with Gasteiger partial charge < -0.3 is 15.1 Å². The lowest BCUT2D eigenvalue weighted by atomic mass is 10.1. The Morgan fingerprint density at radius 1 is 1.39 bits per heavy atom. The van der Waals surface area contributed by atoms with Crippen LogP contribution in [-0.4, -0.2) is 23.5 Å². The van der Waals surface area contributed by atoms with E-state index in [9.17, 15) is 4.79 Å². The highest BCUT2D eigenvalue weighted by molar-refractivity contribution is 5.98. The zero-order valence-corrected chi connectivity index (χ0v) is 11.0. The molecule has 96 valence electrons. The number of amides is 1. The second kappa shape index (κ2) is 4.42. The Balaban J connectivity index is 2.24. The summed E-state index contributed by atoms with van der Waals surface area (Å²) < 4.78 is 5.38. The van der Waals surface area contributed by atoms with E-state index >= 15 is 0 Å². The minimum atomic E-state index is -0.616. The molecule has 2 N–H and O–H groups in total. The van der Waals surface area contributed by atoms with Crippen molar-refractivity contribution in [3.8, 4) is 0 Å². The Labute approximate surface area is 106 Å². The van der Waals surface area contributed by atoms with Crippen LogP contribution in [-0.2, 0) is 4.79 Å². The van der Waals surface area contributed by atoms with Gasteiger partial charge in [0, 0.05) is 12.6 Å². The van der Waals surface area contributed by atoms with Crippen LogP contribution >= 0.6 is 0 Å². The van der Waals surface area contributed by atoms with E-state index in [0.29, 0.717) is 11.6 Å². The first-order chi connectivity index (χ1) is 8.42. The molecule has 0 spiro atoms. The number of benzene rings is 1. The van der Waals surface area contributed by atoms with Crippen molar-refractivity contribution in [3.63, 3.8) is 0 Å². The number of hydrogen-bond donors (Lipinski definition) is 2. The smallest absolute Gasteiger partial charge is 0.244 e. The van der Waals surface area contributed by atoms with Gasteiger partial charge in [-0.15, -0.1) is 0 Å². The molecule has 0 radical (unpaired) electrons. The molecule has 5 heteroatoms. The average molecular weight is 247 g/mol. The van der Waals surface area contributed by atoms with Gasteiger partial charge in [0.15, 0.2) is 11.5 Å². The van der Waals surface area contributed by atoms with E-state index in [1.807, 2.05) is 13.8 Å². The van der Waals surface area contributed by atoms with Crippen molar-refractivity contribution < 1.29 is 9.21 Å². The highest BCUT2D eigenvalue weighted by Gasteiger charge is 2.25. The number of oxazole rings is 1. The van der Waals surface area contributed by atoms with Gasteiger partial charge in [-0.2, -0.15) is 0 Å². The summed E-state index contributed by atoms with van der Waals surface area (Å²) in [6.07, 6.45) is 0. The van der Waals surface area contributed by atoms with Gasteiger partial charge in [-0.1, -0.05) is 0 Å². The van der Waals surface area contributed by atoms with Gasteiger partial charge in [-0.05, 0) is 39.1 Å². The Hall–Kier alpha value is -1.88. The van der Waals surface area contributed by atoms with Crippen LogP contribution in [0.1, 0.15) is 19.7 Å². The number of anilines is 1. The molecule has 1 amide bonds. The average Bonchev–Trinajstić information content (AvgIpc) is 2.68. The van der Waals surface area contributed by atoms with Crippen molar-refractivity contribution in [2.45, 2.75) is 26.3 Å². The molecule has 5 nitrogen and oxygen atoms in total. The van der Waals surface area contributed by atoms with E-state index in [0.717, 1.165) is 11.1 Å². The first kappa shape index (κ1) is 12.6. The number of rotatable bonds is 3. The number of aryl methyl sites for hydroxylation is 1. The van der Waals surface area contributed by atoms with Crippen LogP contribution in [0.3, 0.4) is 0 Å². The third-order valence-corrected chi connectivity index (χ3v) is 2.95. The summed E-state index contributed by atoms with van der Waals surface area (Å²) in [5.41, 5.74) is 1.56. The van der Waals surface area contributed by atoms with Crippen molar-refractivity contribution in [3.05, 3.63) is 24.1 Å². The minimum absolute atomic E-state index is 0.0930. The van der Waals surface area contributed by atoms with Crippen LogP contribution in [0, 0.1) is 6.92 Å². The number of nitrogens with zero attached hydrogens (tertiary/aromatic N) is 1. The standard InChI is InChI=1S/C13H17N3O2/c1-8-15-10-7-9(5-6-11(10)18-8)16-12(17)13(2,3)14-4/h5-7,14H,1-4H3,(H,16,17). The SMILES string of the molecule is CNC(C)(C)C(=O)Nc1ccc2oc(C)nc2c1. The molecule has 0 saturated heterocycles. The molecule has 2 aromatic rings. The van der Waals surface area contributed by atoms with Crippen LogP contribution < -0.4 is 10.6 Å². The Kier molecular flexibility index (Phi) is 3.09. The third-order valence-electron chi connectivity index (χ3n) is 2.95. The molecule has 0 unspecified atom stereocenters. The number of fused-ring (bicyclic) bond motifs is 1. The van der Waals surface area contributed by atoms with Gasteiger partial charge >= 0.3 is 0 Å². The highest BCUT2D eigenvalue weighted by Crippen LogP contribution is 2.20. The lowest BCUT2D eigenvalue weighted by Crippen LogP contribution is -2.47. The summed E-state index contributed by atoms with van der Waals surface area (Å²) in [4.78, 5) is 16.2. The quantitative estimate of drug-likeness (QED) is 0.871. The number of aromatic nitrogens is 1. The summed E-state index contributed by atoms with van der Waals surface area (Å²) >= 11 is 0. The summed E-state index contributed by atoms with van der Waals surface area (Å²) in [5.74, 6) is 0.522. The first-order valence-corrected chi connectivity index (χ1v) is 5.80. The summed E-state index contributed by atoms with van der Waals surface area (Å²) in [6.45, 7) is 5.44. The minimum Gasteiger partial charge on any atom is -0.441 e. The maximum atomic E-state index is 12.0. The largest absolute Gasteiger partial charge is 0.441 e. The second-order valence-electron chi connectivity index (χ2n) is 4.74. The molecular weight excluding hydrogens is 230 g/mol. The van der Waals surface area contributed by atoms with E-state index in [1.165, 1.54) is 0 Å². The van der Waals surface area contributed by atoms with Crippen molar-refractivity contribution in [2.24, 2.45) is 0 Å². The van der Waals surface area contributed by atoms with Crippen LogP contribution in [0.4, 0.5) is 5.69 Å². The maximum Gasteiger partial charge on any atom is 0.244 e. The molecule has 1 aromatic heterocycles. The van der Waals surface area contributed by atoms with Crippen LogP contribution in [0.15, 0.2) is 22.6 Å². The zero-order chi connectivity index (χ0) is 13.3. The van der Waals surface area contributed by atoms with Crippen LogP contribution in [0.25, 0.3) is 11.1 Å². The van der Waals surface area contributed by atoms with Crippen molar-refractivity contribution in [2.75, 3.05) is 12.4 Å². The molecule has 0 aliphatic carbocycles. The molecule has 18 heavy (non-hydrogen) atoms. The van der Waals surface area contributed by atoms with E-state index in [-0.39, 0.29) is 5.91 Å². The predicted molar refractivity (Wildman–Crippen MR) is 70.5 cm³/mol. The number of likely N-dealkylation sites (N-methyl/N-ethyl adjacent to an activating group) is 1. The van der Waals surface area contributed by atoms with E-state index in [4.69, 9.17) is 4.42 Å². The lowest BCUT2D eigenvalue weighted by molar-refractivity contribution is -0.121. The Bertz CT molecular complexity index is 587. The Morgan fingerprint density at radius 2 is 2.11 bits per heavy atom. The molecule has 1 heterocycles. The molecule has 0 bridgehead atoms. The molecule has 0 saturated carbocycles. The van der Waals surface area contributed by atoms with E-state index in [2.05, 4.69) is 15.6 Å². The normalized spacial score (nSPS) is 11.8. The Morgan fingerprint density at radius 3 is 2.78 bits per heavy atom. The third kappa shape index (κ3) is 2.36. The van der Waals surface area contributed by atoms with Crippen molar-refractivity contribution >= 4 is 22.7 Å². The number of hydrogen-bond acceptors (Lipinski definition) is 4. The second-order valence-corrected chi connectivity index (χ2v) is 4.74. The first-order valence-electron chi connectivity index (χ1n) is 5.80. The monoisotopic (exact) mass is 247 g/mol. The molecule has 0 fully saturated rings. The van der Waals surface area contributed by atoms with Gasteiger partial charge in [-0.3, -0.25) is 4.79 Å². The van der Waals surface area contributed by atoms with Gasteiger partial charge in [0.25, 0.3) is 0 Å². The maximum absolute atomic E-state index is 12.0. The fraction of sp³-hybridized carbons (Fsp3) is 0.385. The highest BCUT2D eigenvalue weighted by atomic mass is 16.3. The molecule has 0 aliphatic heterocycles. The zero-order valence-electron chi connectivity index (χ0n) is 11.0. The van der Waals surface area contributed by atoms with Crippen molar-refractivity contribution in [1.29, 1.82) is 0 Å². The van der Waals surface area contributed by atoms with Crippen LogP contribution in [0.2, 0.25) is 0 Å². The molecule has 0 aliphatic rings. The fourth-order valence-corrected chi connectivity index (χ4v) is 1.52. The van der Waals surface area contributed by atoms with Gasteiger partial charge in [-0.25, -0.2) is 4.98 Å². The van der Waals surface area contributed by atoms with Gasteiger partial charge in [0.05, 0.1) is 5.54 Å². The van der Waals surface area contributed by atoms with Crippen molar-refractivity contribution in [1.82, 2.24) is 10.3 Å². The van der Waals surface area contributed by atoms with Crippen LogP contribution in [0.5, 0.6) is 0 Å². The number of carbonyl (C=O) groups is 1. The molecule has 0 atom stereocenters. The fourth-order valence-electron chi connectivity index (χ4n) is 1.52. The van der Waals surface area contributed by atoms with Gasteiger partial charge in [0.2, 0.25) is 5.91 Å². The van der Waals surface area contributed by atoms with Gasteiger partial charge in [0.1, 0.15) is 5.52 Å². The lowest BCUT2D eigenvalue weighted by Gasteiger charge is -2.22. The summed E-state index contributed by atoms with van der Waals surface area (Å²) in [7, 11) is 1.75.